The average Bonchev–Trinajstić information content (AvgIpc) is 3.14. The summed E-state index contributed by atoms with van der Waals surface area (Å²) in [6, 6.07) is 6.60. The lowest BCUT2D eigenvalue weighted by Crippen LogP contribution is -2.51. The second-order valence-electron chi connectivity index (χ2n) is 9.37. The highest BCUT2D eigenvalue weighted by Gasteiger charge is 2.33. The molecule has 0 spiro atoms. The number of carbonyl (C=O) groups excluding carboxylic acids is 1. The third-order valence-electron chi connectivity index (χ3n) is 6.23. The topological polar surface area (TPSA) is 71.7 Å². The predicted molar refractivity (Wildman–Crippen MR) is 123 cm³/mol. The van der Waals surface area contributed by atoms with E-state index < -0.39 is 17.3 Å². The minimum atomic E-state index is -0.577. The number of fused-ring (bicyclic) bond motifs is 1. The monoisotopic (exact) mass is 460 g/mol. The van der Waals surface area contributed by atoms with Crippen LogP contribution in [-0.2, 0) is 16.1 Å². The number of hydrogen-bond acceptors (Lipinski definition) is 5. The van der Waals surface area contributed by atoms with E-state index in [9.17, 15) is 9.18 Å². The van der Waals surface area contributed by atoms with Gasteiger partial charge in [-0.1, -0.05) is 17.7 Å². The zero-order valence-corrected chi connectivity index (χ0v) is 19.5. The van der Waals surface area contributed by atoms with Crippen molar-refractivity contribution in [3.63, 3.8) is 0 Å². The van der Waals surface area contributed by atoms with Crippen LogP contribution in [0.3, 0.4) is 0 Å². The zero-order valence-electron chi connectivity index (χ0n) is 18.8. The van der Waals surface area contributed by atoms with Gasteiger partial charge in [-0.25, -0.2) is 4.39 Å². The molecule has 4 rings (SSSR count). The van der Waals surface area contributed by atoms with Crippen molar-refractivity contribution in [2.45, 2.75) is 51.4 Å². The van der Waals surface area contributed by atoms with E-state index in [0.29, 0.717) is 44.8 Å². The molecule has 1 aromatic carbocycles. The largest absolute Gasteiger partial charge is 0.368 e. The summed E-state index contributed by atoms with van der Waals surface area (Å²) in [5.74, 6) is -1.07. The van der Waals surface area contributed by atoms with Crippen molar-refractivity contribution >= 4 is 23.2 Å². The number of ether oxygens (including phenoxy) is 1. The van der Waals surface area contributed by atoms with E-state index in [2.05, 4.69) is 9.88 Å². The van der Waals surface area contributed by atoms with Gasteiger partial charge < -0.3 is 20.3 Å². The van der Waals surface area contributed by atoms with Gasteiger partial charge in [-0.2, -0.15) is 0 Å². The Morgan fingerprint density at radius 1 is 1.31 bits per heavy atom. The second-order valence-corrected chi connectivity index (χ2v) is 9.78. The Labute approximate surface area is 193 Å². The second kappa shape index (κ2) is 8.96. The van der Waals surface area contributed by atoms with Gasteiger partial charge >= 0.3 is 0 Å². The Bertz CT molecular complexity index is 1000. The molecule has 2 N–H and O–H groups in total. The van der Waals surface area contributed by atoms with E-state index in [1.807, 2.05) is 37.9 Å². The molecule has 32 heavy (non-hydrogen) atoms. The summed E-state index contributed by atoms with van der Waals surface area (Å²) in [6.07, 6.45) is 2.26. The Balaban J connectivity index is 1.51. The number of aromatic nitrogens is 1. The Morgan fingerprint density at radius 2 is 2.03 bits per heavy atom. The first-order chi connectivity index (χ1) is 15.1. The first kappa shape index (κ1) is 23.0. The van der Waals surface area contributed by atoms with Crippen molar-refractivity contribution in [1.82, 2.24) is 9.88 Å². The normalized spacial score (nSPS) is 19.8. The smallest absolute Gasteiger partial charge is 0.230 e. The van der Waals surface area contributed by atoms with Crippen molar-refractivity contribution in [3.05, 3.63) is 58.1 Å². The van der Waals surface area contributed by atoms with Crippen molar-refractivity contribution in [2.24, 2.45) is 5.73 Å². The van der Waals surface area contributed by atoms with E-state index >= 15 is 0 Å². The van der Waals surface area contributed by atoms with Crippen LogP contribution in [0, 0.1) is 5.82 Å². The van der Waals surface area contributed by atoms with Crippen LogP contribution in [0.15, 0.2) is 30.5 Å². The Kier molecular flexibility index (Phi) is 6.43. The molecule has 2 aromatic rings. The van der Waals surface area contributed by atoms with Crippen LogP contribution in [0.1, 0.15) is 56.0 Å². The molecule has 8 heteroatoms. The molecular weight excluding hydrogens is 431 g/mol. The van der Waals surface area contributed by atoms with Crippen LogP contribution in [0.2, 0.25) is 5.02 Å². The molecular formula is C24H30ClFN4O2. The Hall–Kier alpha value is -2.22. The number of benzene rings is 1. The minimum Gasteiger partial charge on any atom is -0.368 e. The summed E-state index contributed by atoms with van der Waals surface area (Å²) in [6.45, 7) is 8.93. The van der Waals surface area contributed by atoms with Gasteiger partial charge in [-0.15, -0.1) is 0 Å². The summed E-state index contributed by atoms with van der Waals surface area (Å²) < 4.78 is 19.9. The van der Waals surface area contributed by atoms with E-state index in [4.69, 9.17) is 22.1 Å². The summed E-state index contributed by atoms with van der Waals surface area (Å²) in [7, 11) is 0. The molecule has 0 unspecified atom stereocenters. The third-order valence-corrected chi connectivity index (χ3v) is 6.54. The van der Waals surface area contributed by atoms with Gasteiger partial charge in [0.2, 0.25) is 5.91 Å². The summed E-state index contributed by atoms with van der Waals surface area (Å²) >= 11 is 5.86. The van der Waals surface area contributed by atoms with Gasteiger partial charge in [0, 0.05) is 49.2 Å². The maximum atomic E-state index is 14.1. The predicted octanol–water partition coefficient (Wildman–Crippen LogP) is 4.03. The van der Waals surface area contributed by atoms with Crippen LogP contribution in [0.25, 0.3) is 0 Å². The molecule has 0 bridgehead atoms. The number of carbonyl (C=O) groups is 1. The quantitative estimate of drug-likeness (QED) is 0.729. The first-order valence-electron chi connectivity index (χ1n) is 11.0. The summed E-state index contributed by atoms with van der Waals surface area (Å²) in [5.41, 5.74) is 9.55. The van der Waals surface area contributed by atoms with Gasteiger partial charge in [0.15, 0.2) is 0 Å². The number of rotatable bonds is 5. The highest BCUT2D eigenvalue weighted by molar-refractivity contribution is 6.30. The van der Waals surface area contributed by atoms with E-state index in [0.717, 1.165) is 16.9 Å². The number of anilines is 1. The molecule has 1 aromatic heterocycles. The van der Waals surface area contributed by atoms with E-state index in [-0.39, 0.29) is 17.0 Å². The first-order valence-corrected chi connectivity index (χ1v) is 11.4. The number of hydrogen-bond donors (Lipinski definition) is 1. The lowest BCUT2D eigenvalue weighted by atomic mass is 9.85. The number of pyridine rings is 1. The van der Waals surface area contributed by atoms with Crippen molar-refractivity contribution in [3.8, 4) is 0 Å². The lowest BCUT2D eigenvalue weighted by molar-refractivity contribution is -0.133. The number of nitrogens with two attached hydrogens (primary N) is 1. The fourth-order valence-electron chi connectivity index (χ4n) is 4.62. The van der Waals surface area contributed by atoms with E-state index in [1.54, 1.807) is 6.07 Å². The van der Waals surface area contributed by atoms with Gasteiger partial charge in [0.1, 0.15) is 5.82 Å². The minimum absolute atomic E-state index is 0.0179. The van der Waals surface area contributed by atoms with Crippen LogP contribution < -0.4 is 10.6 Å². The number of amides is 1. The summed E-state index contributed by atoms with van der Waals surface area (Å²) in [4.78, 5) is 22.1. The number of halogens is 2. The molecule has 2 atom stereocenters. The maximum absolute atomic E-state index is 14.1. The van der Waals surface area contributed by atoms with Gasteiger partial charge in [0.25, 0.3) is 0 Å². The van der Waals surface area contributed by atoms with Crippen molar-refractivity contribution in [1.29, 1.82) is 0 Å². The zero-order chi connectivity index (χ0) is 23.0. The molecule has 1 amide bonds. The number of piperazine rings is 1. The molecule has 0 saturated carbocycles. The van der Waals surface area contributed by atoms with Crippen molar-refractivity contribution in [2.75, 3.05) is 31.1 Å². The summed E-state index contributed by atoms with van der Waals surface area (Å²) in [5, 5.41) is 0.0451. The van der Waals surface area contributed by atoms with Gasteiger partial charge in [0.05, 0.1) is 29.3 Å². The molecule has 1 saturated heterocycles. The van der Waals surface area contributed by atoms with Crippen LogP contribution in [0.5, 0.6) is 0 Å². The molecule has 2 aliphatic rings. The van der Waals surface area contributed by atoms with Crippen LogP contribution in [-0.4, -0.2) is 47.5 Å². The van der Waals surface area contributed by atoms with Crippen LogP contribution in [0.4, 0.5) is 10.1 Å². The average molecular weight is 461 g/mol. The highest BCUT2D eigenvalue weighted by Crippen LogP contribution is 2.37. The van der Waals surface area contributed by atoms with Crippen LogP contribution >= 0.6 is 11.6 Å². The molecule has 2 aliphatic heterocycles. The molecule has 0 radical (unpaired) electrons. The molecule has 3 heterocycles. The van der Waals surface area contributed by atoms with Gasteiger partial charge in [-0.3, -0.25) is 9.78 Å². The fourth-order valence-corrected chi connectivity index (χ4v) is 4.73. The highest BCUT2D eigenvalue weighted by atomic mass is 35.5. The molecule has 172 valence electrons. The molecule has 1 fully saturated rings. The number of nitrogens with zero attached hydrogens (tertiary/aromatic N) is 3. The molecule has 0 aliphatic carbocycles. The lowest BCUT2D eigenvalue weighted by Gasteiger charge is -2.39. The van der Waals surface area contributed by atoms with E-state index in [1.165, 1.54) is 12.1 Å². The molecule has 6 nitrogen and oxygen atoms in total. The van der Waals surface area contributed by atoms with Gasteiger partial charge in [-0.05, 0) is 51.0 Å². The fraction of sp³-hybridized carbons (Fsp3) is 0.500. The van der Waals surface area contributed by atoms with Crippen molar-refractivity contribution < 1.29 is 13.9 Å². The standard InChI is InChI=1S/C24H30ClFN4O2/c1-15-22-20(14-32-15)28-7-6-21(22)29-8-10-30(11-9-29)23(31)17(13-24(2,3)27)16-4-5-18(25)19(26)12-16/h4-7,12,15,17H,8-11,13-14,27H2,1-3H3/t15-,17-/m1/s1. The maximum Gasteiger partial charge on any atom is 0.230 e. The third kappa shape index (κ3) is 4.75. The Morgan fingerprint density at radius 3 is 2.69 bits per heavy atom. The SMILES string of the molecule is C[C@H]1OCc2nccc(N3CCN(C(=O)[C@H](CC(C)(C)N)c4ccc(Cl)c(F)c4)CC3)c21.